The Balaban J connectivity index is 1.74. The van der Waals surface area contributed by atoms with E-state index in [1.54, 1.807) is 43.5 Å². The summed E-state index contributed by atoms with van der Waals surface area (Å²) in [5.41, 5.74) is 2.47. The maximum atomic E-state index is 13.4. The topological polar surface area (TPSA) is 75.7 Å². The van der Waals surface area contributed by atoms with Gasteiger partial charge in [-0.15, -0.1) is 0 Å². The smallest absolute Gasteiger partial charge is 0.251 e. The lowest BCUT2D eigenvalue weighted by Gasteiger charge is -2.23. The zero-order chi connectivity index (χ0) is 24.4. The van der Waals surface area contributed by atoms with E-state index in [1.165, 1.54) is 16.4 Å². The number of aryl methyl sites for hydroxylation is 1. The molecule has 6 nitrogen and oxygen atoms in total. The zero-order valence-electron chi connectivity index (χ0n) is 19.1. The molecule has 0 radical (unpaired) electrons. The number of carbonyl (C=O) groups excluding carboxylic acids is 1. The van der Waals surface area contributed by atoms with Gasteiger partial charge in [0.25, 0.3) is 5.91 Å². The van der Waals surface area contributed by atoms with Crippen LogP contribution in [-0.4, -0.2) is 45.4 Å². The molecule has 0 unspecified atom stereocenters. The Morgan fingerprint density at radius 2 is 1.62 bits per heavy atom. The summed E-state index contributed by atoms with van der Waals surface area (Å²) in [6.07, 6.45) is 1.45. The van der Waals surface area contributed by atoms with E-state index in [2.05, 4.69) is 5.32 Å². The summed E-state index contributed by atoms with van der Waals surface area (Å²) >= 11 is 5.95. The predicted molar refractivity (Wildman–Crippen MR) is 134 cm³/mol. The Morgan fingerprint density at radius 3 is 2.26 bits per heavy atom. The molecule has 0 aliphatic carbocycles. The Labute approximate surface area is 206 Å². The Bertz CT molecular complexity index is 1150. The molecule has 0 fully saturated rings. The summed E-state index contributed by atoms with van der Waals surface area (Å²) in [6, 6.07) is 23.2. The molecule has 1 amide bonds. The SMILES string of the molecule is COCCNC(=O)c1ccc(CN(CCCc2ccccc2)S(=O)(=O)c2ccc(Cl)cc2)cc1. The lowest BCUT2D eigenvalue weighted by Crippen LogP contribution is -2.32. The second-order valence-electron chi connectivity index (χ2n) is 7.83. The first-order valence-corrected chi connectivity index (χ1v) is 12.9. The van der Waals surface area contributed by atoms with Gasteiger partial charge < -0.3 is 10.1 Å². The van der Waals surface area contributed by atoms with E-state index in [-0.39, 0.29) is 17.3 Å². The highest BCUT2D eigenvalue weighted by Crippen LogP contribution is 2.21. The average Bonchev–Trinajstić information content (AvgIpc) is 2.85. The van der Waals surface area contributed by atoms with Crippen LogP contribution in [-0.2, 0) is 27.7 Å². The van der Waals surface area contributed by atoms with Crippen molar-refractivity contribution in [3.8, 4) is 0 Å². The molecule has 1 N–H and O–H groups in total. The van der Waals surface area contributed by atoms with E-state index in [0.717, 1.165) is 17.5 Å². The first kappa shape index (κ1) is 25.9. The van der Waals surface area contributed by atoms with Gasteiger partial charge in [-0.05, 0) is 60.4 Å². The van der Waals surface area contributed by atoms with Crippen molar-refractivity contribution < 1.29 is 17.9 Å². The fourth-order valence-corrected chi connectivity index (χ4v) is 5.07. The molecule has 0 saturated heterocycles. The van der Waals surface area contributed by atoms with Crippen LogP contribution >= 0.6 is 11.6 Å². The van der Waals surface area contributed by atoms with Gasteiger partial charge in [0, 0.05) is 37.3 Å². The molecule has 0 bridgehead atoms. The fraction of sp³-hybridized carbons (Fsp3) is 0.269. The number of halogens is 1. The number of nitrogens with zero attached hydrogens (tertiary/aromatic N) is 1. The van der Waals surface area contributed by atoms with Crippen molar-refractivity contribution >= 4 is 27.5 Å². The van der Waals surface area contributed by atoms with Gasteiger partial charge in [0.05, 0.1) is 11.5 Å². The molecule has 0 spiro atoms. The van der Waals surface area contributed by atoms with Crippen LogP contribution in [0.4, 0.5) is 0 Å². The molecule has 8 heteroatoms. The van der Waals surface area contributed by atoms with E-state index in [4.69, 9.17) is 16.3 Å². The number of rotatable bonds is 12. The van der Waals surface area contributed by atoms with E-state index < -0.39 is 10.0 Å². The van der Waals surface area contributed by atoms with Crippen molar-refractivity contribution in [1.29, 1.82) is 0 Å². The maximum absolute atomic E-state index is 13.4. The van der Waals surface area contributed by atoms with E-state index in [9.17, 15) is 13.2 Å². The molecule has 0 aliphatic heterocycles. The van der Waals surface area contributed by atoms with Crippen LogP contribution in [0, 0.1) is 0 Å². The summed E-state index contributed by atoms with van der Waals surface area (Å²) in [5.74, 6) is -0.197. The van der Waals surface area contributed by atoms with Gasteiger partial charge in [0.15, 0.2) is 0 Å². The van der Waals surface area contributed by atoms with E-state index >= 15 is 0 Å². The van der Waals surface area contributed by atoms with E-state index in [0.29, 0.717) is 36.7 Å². The van der Waals surface area contributed by atoms with Crippen molar-refractivity contribution in [3.63, 3.8) is 0 Å². The highest BCUT2D eigenvalue weighted by molar-refractivity contribution is 7.89. The first-order chi connectivity index (χ1) is 16.4. The number of hydrogen-bond acceptors (Lipinski definition) is 4. The van der Waals surface area contributed by atoms with Crippen LogP contribution in [0.5, 0.6) is 0 Å². The molecule has 0 aromatic heterocycles. The Morgan fingerprint density at radius 1 is 0.941 bits per heavy atom. The first-order valence-electron chi connectivity index (χ1n) is 11.1. The van der Waals surface area contributed by atoms with Crippen LogP contribution in [0.3, 0.4) is 0 Å². The monoisotopic (exact) mass is 500 g/mol. The summed E-state index contributed by atoms with van der Waals surface area (Å²) < 4.78 is 33.3. The zero-order valence-corrected chi connectivity index (χ0v) is 20.7. The second kappa shape index (κ2) is 12.7. The van der Waals surface area contributed by atoms with Gasteiger partial charge in [0.2, 0.25) is 10.0 Å². The third-order valence-electron chi connectivity index (χ3n) is 5.33. The highest BCUT2D eigenvalue weighted by atomic mass is 35.5. The van der Waals surface area contributed by atoms with Crippen LogP contribution in [0.2, 0.25) is 5.02 Å². The van der Waals surface area contributed by atoms with Crippen molar-refractivity contribution in [2.24, 2.45) is 0 Å². The number of sulfonamides is 1. The third-order valence-corrected chi connectivity index (χ3v) is 7.45. The molecule has 3 aromatic rings. The normalized spacial score (nSPS) is 11.5. The molecule has 3 rings (SSSR count). The average molecular weight is 501 g/mol. The number of hydrogen-bond donors (Lipinski definition) is 1. The maximum Gasteiger partial charge on any atom is 0.251 e. The van der Waals surface area contributed by atoms with Gasteiger partial charge in [-0.25, -0.2) is 8.42 Å². The minimum Gasteiger partial charge on any atom is -0.383 e. The predicted octanol–water partition coefficient (Wildman–Crippen LogP) is 4.54. The molecular weight excluding hydrogens is 472 g/mol. The molecule has 180 valence electrons. The molecule has 0 aliphatic rings. The van der Waals surface area contributed by atoms with Crippen molar-refractivity contribution in [2.45, 2.75) is 24.3 Å². The largest absolute Gasteiger partial charge is 0.383 e. The van der Waals surface area contributed by atoms with Crippen LogP contribution in [0.1, 0.15) is 27.9 Å². The number of methoxy groups -OCH3 is 1. The number of nitrogens with one attached hydrogen (secondary N) is 1. The van der Waals surface area contributed by atoms with E-state index in [1.807, 2.05) is 30.3 Å². The molecule has 34 heavy (non-hydrogen) atoms. The van der Waals surface area contributed by atoms with Crippen molar-refractivity contribution in [1.82, 2.24) is 9.62 Å². The molecule has 3 aromatic carbocycles. The molecule has 0 saturated carbocycles. The lowest BCUT2D eigenvalue weighted by atomic mass is 10.1. The molecular formula is C26H29ClN2O4S. The third kappa shape index (κ3) is 7.40. The van der Waals surface area contributed by atoms with Gasteiger partial charge in [-0.1, -0.05) is 54.1 Å². The van der Waals surface area contributed by atoms with Crippen LogP contribution in [0.15, 0.2) is 83.8 Å². The minimum absolute atomic E-state index is 0.197. The summed E-state index contributed by atoms with van der Waals surface area (Å²) in [4.78, 5) is 12.4. The van der Waals surface area contributed by atoms with Gasteiger partial charge in [-0.3, -0.25) is 4.79 Å². The van der Waals surface area contributed by atoms with Crippen molar-refractivity contribution in [3.05, 3.63) is 101 Å². The molecule has 0 atom stereocenters. The van der Waals surface area contributed by atoms with Crippen LogP contribution in [0.25, 0.3) is 0 Å². The number of amides is 1. The molecule has 0 heterocycles. The van der Waals surface area contributed by atoms with Gasteiger partial charge in [0.1, 0.15) is 0 Å². The second-order valence-corrected chi connectivity index (χ2v) is 10.2. The highest BCUT2D eigenvalue weighted by Gasteiger charge is 2.24. The lowest BCUT2D eigenvalue weighted by molar-refractivity contribution is 0.0937. The number of ether oxygens (including phenoxy) is 1. The Kier molecular flexibility index (Phi) is 9.65. The number of benzene rings is 3. The quantitative estimate of drug-likeness (QED) is 0.370. The Hall–Kier alpha value is -2.71. The van der Waals surface area contributed by atoms with Crippen molar-refractivity contribution in [2.75, 3.05) is 26.8 Å². The summed E-state index contributed by atoms with van der Waals surface area (Å²) in [7, 11) is -2.16. The van der Waals surface area contributed by atoms with Gasteiger partial charge in [-0.2, -0.15) is 4.31 Å². The summed E-state index contributed by atoms with van der Waals surface area (Å²) in [6.45, 7) is 1.42. The standard InChI is InChI=1S/C26H29ClN2O4S/c1-33-19-17-28-26(30)23-11-9-22(10-12-23)20-29(18-5-8-21-6-3-2-4-7-21)34(31,32)25-15-13-24(27)14-16-25/h2-4,6-7,9-16H,5,8,17-20H2,1H3,(H,28,30). The summed E-state index contributed by atoms with van der Waals surface area (Å²) in [5, 5.41) is 3.25. The van der Waals surface area contributed by atoms with Gasteiger partial charge >= 0.3 is 0 Å². The van der Waals surface area contributed by atoms with Crippen LogP contribution < -0.4 is 5.32 Å². The fourth-order valence-electron chi connectivity index (χ4n) is 3.48. The minimum atomic E-state index is -3.73. The number of carbonyl (C=O) groups is 1.